The smallest absolute Gasteiger partial charge is 0.251 e. The third-order valence-electron chi connectivity index (χ3n) is 3.80. The molecule has 10 heteroatoms. The number of likely N-dealkylation sites (N-methyl/N-ethyl adjacent to an activating group) is 1. The van der Waals surface area contributed by atoms with Gasteiger partial charge in [-0.3, -0.25) is 9.59 Å². The number of amides is 2. The second kappa shape index (κ2) is 9.14. The van der Waals surface area contributed by atoms with Gasteiger partial charge in [-0.05, 0) is 32.2 Å². The first-order valence-electron chi connectivity index (χ1n) is 7.67. The van der Waals surface area contributed by atoms with Crippen LogP contribution in [0.5, 0.6) is 0 Å². The molecule has 2 rings (SSSR count). The zero-order chi connectivity index (χ0) is 17.7. The predicted molar refractivity (Wildman–Crippen MR) is 96.3 cm³/mol. The summed E-state index contributed by atoms with van der Waals surface area (Å²) in [5.41, 5.74) is 0.265. The van der Waals surface area contributed by atoms with E-state index in [0.29, 0.717) is 6.54 Å². The molecule has 1 aliphatic heterocycles. The number of hydrogen-bond donors (Lipinski definition) is 3. The highest BCUT2D eigenvalue weighted by Crippen LogP contribution is 2.17. The van der Waals surface area contributed by atoms with Crippen LogP contribution in [0.4, 0.5) is 0 Å². The number of piperazine rings is 1. The topological polar surface area (TPSA) is 108 Å². The van der Waals surface area contributed by atoms with Gasteiger partial charge in [0.05, 0.1) is 11.4 Å². The average Bonchev–Trinajstić information content (AvgIpc) is 2.59. The second-order valence-electron chi connectivity index (χ2n) is 5.62. The molecule has 1 fully saturated rings. The van der Waals surface area contributed by atoms with Crippen molar-refractivity contribution in [1.29, 1.82) is 0 Å². The Morgan fingerprint density at radius 1 is 1.40 bits per heavy atom. The van der Waals surface area contributed by atoms with Gasteiger partial charge in [0.25, 0.3) is 5.91 Å². The van der Waals surface area contributed by atoms with Crippen LogP contribution in [0.2, 0.25) is 0 Å². The molecule has 8 nitrogen and oxygen atoms in total. The van der Waals surface area contributed by atoms with Crippen molar-refractivity contribution in [3.8, 4) is 0 Å². The highest BCUT2D eigenvalue weighted by Gasteiger charge is 2.29. The lowest BCUT2D eigenvalue weighted by molar-refractivity contribution is -0.122. The van der Waals surface area contributed by atoms with E-state index in [1.54, 1.807) is 13.1 Å². The van der Waals surface area contributed by atoms with Crippen LogP contribution in [0, 0.1) is 0 Å². The van der Waals surface area contributed by atoms with Crippen molar-refractivity contribution in [2.45, 2.75) is 17.9 Å². The van der Waals surface area contributed by atoms with Crippen LogP contribution in [0.15, 0.2) is 29.2 Å². The van der Waals surface area contributed by atoms with Gasteiger partial charge in [0, 0.05) is 31.2 Å². The minimum Gasteiger partial charge on any atom is -0.354 e. The molecule has 2 amide bonds. The zero-order valence-electron chi connectivity index (χ0n) is 14.1. The largest absolute Gasteiger partial charge is 0.354 e. The molecule has 3 N–H and O–H groups in total. The number of hydrogen-bond acceptors (Lipinski definition) is 5. The van der Waals surface area contributed by atoms with Crippen LogP contribution < -0.4 is 16.0 Å². The summed E-state index contributed by atoms with van der Waals surface area (Å²) < 4.78 is 26.4. The number of nitrogens with zero attached hydrogens (tertiary/aromatic N) is 1. The highest BCUT2D eigenvalue weighted by atomic mass is 35.5. The molecule has 1 heterocycles. The Kier molecular flexibility index (Phi) is 7.81. The molecule has 0 aromatic heterocycles. The Bertz CT molecular complexity index is 726. The van der Waals surface area contributed by atoms with E-state index in [9.17, 15) is 18.0 Å². The van der Waals surface area contributed by atoms with Crippen LogP contribution >= 0.6 is 12.4 Å². The normalized spacial score (nSPS) is 16.5. The van der Waals surface area contributed by atoms with Crippen LogP contribution in [0.1, 0.15) is 17.3 Å². The molecule has 1 aromatic carbocycles. The van der Waals surface area contributed by atoms with Gasteiger partial charge in [-0.1, -0.05) is 6.07 Å². The number of carbonyl (C=O) groups excluding carboxylic acids is 2. The van der Waals surface area contributed by atoms with Crippen molar-refractivity contribution in [1.82, 2.24) is 20.3 Å². The molecule has 140 valence electrons. The molecule has 0 spiro atoms. The van der Waals surface area contributed by atoms with Crippen molar-refractivity contribution >= 4 is 34.2 Å². The number of halogens is 1. The van der Waals surface area contributed by atoms with Crippen molar-refractivity contribution in [3.05, 3.63) is 29.8 Å². The molecule has 1 atom stereocenters. The zero-order valence-corrected chi connectivity index (χ0v) is 15.7. The first kappa shape index (κ1) is 21.4. The van der Waals surface area contributed by atoms with Gasteiger partial charge in [-0.15, -0.1) is 12.4 Å². The van der Waals surface area contributed by atoms with E-state index < -0.39 is 10.0 Å². The maximum Gasteiger partial charge on any atom is 0.251 e. The van der Waals surface area contributed by atoms with Gasteiger partial charge in [0.1, 0.15) is 0 Å². The number of nitrogens with one attached hydrogen (secondary N) is 3. The summed E-state index contributed by atoms with van der Waals surface area (Å²) in [5, 5.41) is 8.32. The molecule has 0 bridgehead atoms. The molecule has 0 saturated carbocycles. The van der Waals surface area contributed by atoms with Gasteiger partial charge in [0.2, 0.25) is 15.9 Å². The van der Waals surface area contributed by atoms with E-state index >= 15 is 0 Å². The molecule has 1 unspecified atom stereocenters. The maximum absolute atomic E-state index is 12.6. The molecule has 1 saturated heterocycles. The van der Waals surface area contributed by atoms with Gasteiger partial charge in [-0.25, -0.2) is 8.42 Å². The van der Waals surface area contributed by atoms with Crippen LogP contribution in [-0.4, -0.2) is 63.8 Å². The summed E-state index contributed by atoms with van der Waals surface area (Å²) in [6.45, 7) is 2.63. The van der Waals surface area contributed by atoms with Crippen molar-refractivity contribution in [2.24, 2.45) is 0 Å². The monoisotopic (exact) mass is 390 g/mol. The Balaban J connectivity index is 0.00000312. The summed E-state index contributed by atoms with van der Waals surface area (Å²) in [6.07, 6.45) is 0. The van der Waals surface area contributed by atoms with Gasteiger partial charge >= 0.3 is 0 Å². The maximum atomic E-state index is 12.6. The van der Waals surface area contributed by atoms with E-state index in [-0.39, 0.29) is 60.4 Å². The predicted octanol–water partition coefficient (Wildman–Crippen LogP) is -0.433. The van der Waals surface area contributed by atoms with Crippen LogP contribution in [-0.2, 0) is 14.8 Å². The Labute approximate surface area is 153 Å². The minimum atomic E-state index is -3.81. The van der Waals surface area contributed by atoms with Crippen LogP contribution in [0.3, 0.4) is 0 Å². The van der Waals surface area contributed by atoms with Gasteiger partial charge in [-0.2, -0.15) is 4.31 Å². The van der Waals surface area contributed by atoms with E-state index in [1.807, 2.05) is 6.92 Å². The highest BCUT2D eigenvalue weighted by molar-refractivity contribution is 7.89. The van der Waals surface area contributed by atoms with Crippen molar-refractivity contribution < 1.29 is 18.0 Å². The Morgan fingerprint density at radius 3 is 2.76 bits per heavy atom. The molecule has 0 aliphatic carbocycles. The summed E-state index contributed by atoms with van der Waals surface area (Å²) in [7, 11) is -2.02. The lowest BCUT2D eigenvalue weighted by Gasteiger charge is -2.26. The van der Waals surface area contributed by atoms with Gasteiger partial charge < -0.3 is 16.0 Å². The first-order valence-corrected chi connectivity index (χ1v) is 9.11. The number of sulfonamides is 1. The first-order chi connectivity index (χ1) is 11.3. The number of rotatable bonds is 6. The van der Waals surface area contributed by atoms with E-state index in [0.717, 1.165) is 4.31 Å². The molecule has 0 radical (unpaired) electrons. The van der Waals surface area contributed by atoms with Crippen molar-refractivity contribution in [3.63, 3.8) is 0 Å². The Morgan fingerprint density at radius 2 is 2.12 bits per heavy atom. The Hall–Kier alpha value is -1.68. The van der Waals surface area contributed by atoms with Gasteiger partial charge in [0.15, 0.2) is 0 Å². The minimum absolute atomic E-state index is 0. The fourth-order valence-electron chi connectivity index (χ4n) is 2.22. The molecular weight excluding hydrogens is 368 g/mol. The molecule has 1 aliphatic rings. The summed E-state index contributed by atoms with van der Waals surface area (Å²) in [5.74, 6) is -0.676. The third-order valence-corrected chi connectivity index (χ3v) is 5.64. The summed E-state index contributed by atoms with van der Waals surface area (Å²) >= 11 is 0. The summed E-state index contributed by atoms with van der Waals surface area (Å²) in [4.78, 5) is 23.6. The average molecular weight is 391 g/mol. The quantitative estimate of drug-likeness (QED) is 0.610. The lowest BCUT2D eigenvalue weighted by atomic mass is 10.2. The summed E-state index contributed by atoms with van der Waals surface area (Å²) in [6, 6.07) is 5.94. The molecule has 1 aromatic rings. The fraction of sp³-hybridized carbons (Fsp3) is 0.467. The number of benzene rings is 1. The second-order valence-corrected chi connectivity index (χ2v) is 7.55. The lowest BCUT2D eigenvalue weighted by Crippen LogP contribution is -2.49. The molecular formula is C15H23ClN4O4S. The molecule has 25 heavy (non-hydrogen) atoms. The van der Waals surface area contributed by atoms with Crippen LogP contribution in [0.25, 0.3) is 0 Å². The van der Waals surface area contributed by atoms with E-state index in [1.165, 1.54) is 18.2 Å². The standard InChI is InChI=1S/C15H22N4O4S.ClH/c1-11(16-2)9-18-15(21)12-4-3-5-13(8-12)24(22,23)19-7-6-17-14(20)10-19;/h3-5,8,11,16H,6-7,9-10H2,1-2H3,(H,17,20)(H,18,21);1H. The fourth-order valence-corrected chi connectivity index (χ4v) is 3.66. The number of carbonyl (C=O) groups is 2. The van der Waals surface area contributed by atoms with E-state index in [4.69, 9.17) is 0 Å². The third kappa shape index (κ3) is 5.40. The van der Waals surface area contributed by atoms with E-state index in [2.05, 4.69) is 16.0 Å². The SMILES string of the molecule is CNC(C)CNC(=O)c1cccc(S(=O)(=O)N2CCNC(=O)C2)c1.Cl. The van der Waals surface area contributed by atoms with Crippen molar-refractivity contribution in [2.75, 3.05) is 33.2 Å².